The van der Waals surface area contributed by atoms with E-state index in [9.17, 15) is 14.8 Å². The predicted octanol–water partition coefficient (Wildman–Crippen LogP) is 0.617. The van der Waals surface area contributed by atoms with Gasteiger partial charge in [0.1, 0.15) is 5.75 Å². The number of fused-ring (bicyclic) bond motifs is 3. The van der Waals surface area contributed by atoms with Crippen LogP contribution < -0.4 is 10.1 Å². The third kappa shape index (κ3) is 2.92. The van der Waals surface area contributed by atoms with Crippen LogP contribution in [0.4, 0.5) is 0 Å². The van der Waals surface area contributed by atoms with Crippen LogP contribution in [0.15, 0.2) is 24.3 Å². The summed E-state index contributed by atoms with van der Waals surface area (Å²) in [4.78, 5) is 12.5. The number of para-hydroxylation sites is 1. The minimum atomic E-state index is -1.60. The lowest BCUT2D eigenvalue weighted by atomic mass is 9.73. The van der Waals surface area contributed by atoms with E-state index in [4.69, 9.17) is 9.47 Å². The average molecular weight is 331 g/mol. The highest BCUT2D eigenvalue weighted by atomic mass is 16.5. The first kappa shape index (κ1) is 15.9. The van der Waals surface area contributed by atoms with Crippen LogP contribution in [-0.2, 0) is 9.53 Å². The molecule has 3 heterocycles. The Morgan fingerprint density at radius 1 is 1.33 bits per heavy atom. The summed E-state index contributed by atoms with van der Waals surface area (Å²) in [7, 11) is -1.60. The fraction of sp³-hybridized carbons (Fsp3) is 0.588. The Hall–Kier alpha value is -1.57. The first-order valence-electron chi connectivity index (χ1n) is 8.65. The molecule has 0 unspecified atom stereocenters. The quantitative estimate of drug-likeness (QED) is 0.689. The van der Waals surface area contributed by atoms with Gasteiger partial charge in [0.2, 0.25) is 5.91 Å². The van der Waals surface area contributed by atoms with E-state index in [0.717, 1.165) is 30.6 Å². The molecule has 3 aliphatic rings. The largest absolute Gasteiger partial charge is 0.493 e. The number of ether oxygens (including phenoxy) is 2. The fourth-order valence-corrected chi connectivity index (χ4v) is 4.19. The Labute approximate surface area is 141 Å². The first-order chi connectivity index (χ1) is 11.6. The van der Waals surface area contributed by atoms with Crippen molar-refractivity contribution in [2.45, 2.75) is 49.8 Å². The van der Waals surface area contributed by atoms with Crippen molar-refractivity contribution >= 4 is 13.0 Å². The van der Waals surface area contributed by atoms with E-state index in [1.165, 1.54) is 0 Å². The molecule has 2 saturated heterocycles. The normalized spacial score (nSPS) is 31.4. The van der Waals surface area contributed by atoms with Gasteiger partial charge in [-0.05, 0) is 31.7 Å². The maximum absolute atomic E-state index is 12.5. The van der Waals surface area contributed by atoms with Crippen molar-refractivity contribution in [3.05, 3.63) is 29.8 Å². The summed E-state index contributed by atoms with van der Waals surface area (Å²) in [5, 5.41) is 22.3. The molecule has 0 aromatic heterocycles. The van der Waals surface area contributed by atoms with Gasteiger partial charge in [0.05, 0.1) is 30.7 Å². The van der Waals surface area contributed by atoms with E-state index >= 15 is 0 Å². The van der Waals surface area contributed by atoms with Crippen LogP contribution >= 0.6 is 0 Å². The standard InChI is InChI=1S/C17H22BNO5/c20-17(13-8-11-5-6-15(13)24-11)19-16(18(21)22)7-10-9-23-14-4-2-1-3-12(10)14/h1-4,10-11,13,15-16,21-22H,5-9H2,(H,19,20)/t10-,11+,13+,15-,16+/m0/s1. The maximum Gasteiger partial charge on any atom is 0.475 e. The van der Waals surface area contributed by atoms with E-state index < -0.39 is 13.1 Å². The number of amides is 1. The van der Waals surface area contributed by atoms with Crippen molar-refractivity contribution in [3.63, 3.8) is 0 Å². The lowest BCUT2D eigenvalue weighted by molar-refractivity contribution is -0.127. The summed E-state index contributed by atoms with van der Waals surface area (Å²) in [6.45, 7) is 0.496. The molecule has 0 saturated carbocycles. The van der Waals surface area contributed by atoms with Crippen LogP contribution in [-0.4, -0.2) is 47.8 Å². The minimum Gasteiger partial charge on any atom is -0.493 e. The Bertz CT molecular complexity index is 625. The lowest BCUT2D eigenvalue weighted by Gasteiger charge is -2.24. The maximum atomic E-state index is 12.5. The topological polar surface area (TPSA) is 88.0 Å². The van der Waals surface area contributed by atoms with Crippen molar-refractivity contribution in [2.24, 2.45) is 5.92 Å². The Morgan fingerprint density at radius 2 is 2.17 bits per heavy atom. The van der Waals surface area contributed by atoms with Crippen molar-refractivity contribution in [2.75, 3.05) is 6.61 Å². The van der Waals surface area contributed by atoms with Crippen LogP contribution in [0.1, 0.15) is 37.2 Å². The van der Waals surface area contributed by atoms with Gasteiger partial charge in [0, 0.05) is 11.5 Å². The highest BCUT2D eigenvalue weighted by molar-refractivity contribution is 6.43. The van der Waals surface area contributed by atoms with Gasteiger partial charge in [-0.1, -0.05) is 18.2 Å². The van der Waals surface area contributed by atoms with Gasteiger partial charge in [-0.15, -0.1) is 0 Å². The lowest BCUT2D eigenvalue weighted by Crippen LogP contribution is -2.50. The smallest absolute Gasteiger partial charge is 0.475 e. The van der Waals surface area contributed by atoms with Gasteiger partial charge >= 0.3 is 7.12 Å². The number of benzene rings is 1. The van der Waals surface area contributed by atoms with E-state index in [2.05, 4.69) is 5.32 Å². The molecular formula is C17H22BNO5. The first-order valence-corrected chi connectivity index (χ1v) is 8.65. The Kier molecular flexibility index (Phi) is 4.24. The molecule has 2 fully saturated rings. The van der Waals surface area contributed by atoms with Gasteiger partial charge in [0.15, 0.2) is 0 Å². The number of hydrogen-bond donors (Lipinski definition) is 3. The molecule has 128 valence electrons. The van der Waals surface area contributed by atoms with Gasteiger partial charge < -0.3 is 24.8 Å². The van der Waals surface area contributed by atoms with E-state index in [-0.39, 0.29) is 30.0 Å². The molecule has 0 radical (unpaired) electrons. The van der Waals surface area contributed by atoms with E-state index in [1.807, 2.05) is 24.3 Å². The number of carbonyl (C=O) groups excluding carboxylic acids is 1. The minimum absolute atomic E-state index is 0.0120. The molecule has 7 heteroatoms. The molecule has 3 N–H and O–H groups in total. The van der Waals surface area contributed by atoms with Crippen LogP contribution in [0, 0.1) is 5.92 Å². The zero-order valence-corrected chi connectivity index (χ0v) is 13.4. The summed E-state index contributed by atoms with van der Waals surface area (Å²) in [6, 6.07) is 7.75. The Balaban J connectivity index is 1.41. The van der Waals surface area contributed by atoms with Crippen LogP contribution in [0.25, 0.3) is 0 Å². The summed E-state index contributed by atoms with van der Waals surface area (Å²) in [5.74, 6) is -0.132. The average Bonchev–Trinajstić information content (AvgIpc) is 3.29. The van der Waals surface area contributed by atoms with Crippen molar-refractivity contribution in [1.82, 2.24) is 5.32 Å². The van der Waals surface area contributed by atoms with Crippen molar-refractivity contribution in [1.29, 1.82) is 0 Å². The molecule has 0 spiro atoms. The summed E-state index contributed by atoms with van der Waals surface area (Å²) in [5.41, 5.74) is 1.06. The third-order valence-corrected chi connectivity index (χ3v) is 5.47. The summed E-state index contributed by atoms with van der Waals surface area (Å²) < 4.78 is 11.4. The third-order valence-electron chi connectivity index (χ3n) is 5.47. The molecule has 2 bridgehead atoms. The second kappa shape index (κ2) is 6.39. The van der Waals surface area contributed by atoms with Crippen LogP contribution in [0.5, 0.6) is 5.75 Å². The van der Waals surface area contributed by atoms with Gasteiger partial charge in [-0.2, -0.15) is 0 Å². The molecule has 3 aliphatic heterocycles. The van der Waals surface area contributed by atoms with Crippen LogP contribution in [0.2, 0.25) is 0 Å². The molecule has 6 nitrogen and oxygen atoms in total. The van der Waals surface area contributed by atoms with Crippen LogP contribution in [0.3, 0.4) is 0 Å². The summed E-state index contributed by atoms with van der Waals surface area (Å²) in [6.07, 6.45) is 3.29. The molecule has 1 aromatic carbocycles. The molecular weight excluding hydrogens is 309 g/mol. The number of nitrogens with one attached hydrogen (secondary N) is 1. The zero-order chi connectivity index (χ0) is 16.7. The SMILES string of the molecule is O=C(N[C@H](C[C@H]1COc2ccccc21)B(O)O)[C@@H]1C[C@H]2CC[C@@H]1O2. The fourth-order valence-electron chi connectivity index (χ4n) is 4.19. The van der Waals surface area contributed by atoms with Gasteiger partial charge in [-0.3, -0.25) is 4.79 Å². The molecule has 1 amide bonds. The number of hydrogen-bond acceptors (Lipinski definition) is 5. The monoisotopic (exact) mass is 331 g/mol. The predicted molar refractivity (Wildman–Crippen MR) is 87.4 cm³/mol. The van der Waals surface area contributed by atoms with E-state index in [1.54, 1.807) is 0 Å². The zero-order valence-electron chi connectivity index (χ0n) is 13.4. The molecule has 1 aromatic rings. The summed E-state index contributed by atoms with van der Waals surface area (Å²) >= 11 is 0. The Morgan fingerprint density at radius 3 is 2.88 bits per heavy atom. The number of rotatable bonds is 5. The molecule has 0 aliphatic carbocycles. The van der Waals surface area contributed by atoms with Crippen molar-refractivity contribution in [3.8, 4) is 5.75 Å². The highest BCUT2D eigenvalue weighted by Crippen LogP contribution is 2.39. The van der Waals surface area contributed by atoms with Gasteiger partial charge in [0.25, 0.3) is 0 Å². The molecule has 5 atom stereocenters. The van der Waals surface area contributed by atoms with E-state index in [0.29, 0.717) is 13.0 Å². The molecule has 4 rings (SSSR count). The van der Waals surface area contributed by atoms with Gasteiger partial charge in [-0.25, -0.2) is 0 Å². The molecule has 24 heavy (non-hydrogen) atoms. The second-order valence-electron chi connectivity index (χ2n) is 7.03. The second-order valence-corrected chi connectivity index (χ2v) is 7.03. The van der Waals surface area contributed by atoms with Crippen molar-refractivity contribution < 1.29 is 24.3 Å². The highest BCUT2D eigenvalue weighted by Gasteiger charge is 2.45. The number of carbonyl (C=O) groups is 1.